The van der Waals surface area contributed by atoms with Crippen LogP contribution in [-0.4, -0.2) is 41.1 Å². The Morgan fingerprint density at radius 1 is 1.32 bits per heavy atom. The Kier molecular flexibility index (Phi) is 6.78. The van der Waals surface area contributed by atoms with E-state index in [4.69, 9.17) is 4.74 Å². The van der Waals surface area contributed by atoms with Crippen molar-refractivity contribution in [2.45, 2.75) is 32.4 Å². The van der Waals surface area contributed by atoms with Crippen LogP contribution in [0.4, 0.5) is 0 Å². The van der Waals surface area contributed by atoms with Crippen LogP contribution in [0, 0.1) is 6.92 Å². The van der Waals surface area contributed by atoms with Gasteiger partial charge in [-0.1, -0.05) is 17.3 Å². The number of halogens is 1. The summed E-state index contributed by atoms with van der Waals surface area (Å²) in [6.45, 7) is 4.30. The maximum Gasteiger partial charge on any atom is 0.274 e. The predicted octanol–water partition coefficient (Wildman–Crippen LogP) is 1.87. The van der Waals surface area contributed by atoms with Crippen LogP contribution in [0.5, 0.6) is 5.75 Å². The number of amides is 1. The number of nitrogens with one attached hydrogen (secondary N) is 2. The summed E-state index contributed by atoms with van der Waals surface area (Å²) in [5.74, 6) is 0.606. The number of methoxy groups -OCH3 is 1. The van der Waals surface area contributed by atoms with Crippen LogP contribution in [-0.2, 0) is 6.54 Å². The minimum Gasteiger partial charge on any atom is -0.497 e. The summed E-state index contributed by atoms with van der Waals surface area (Å²) < 4.78 is 7.02. The van der Waals surface area contributed by atoms with Crippen LogP contribution >= 0.6 is 12.4 Å². The van der Waals surface area contributed by atoms with Crippen molar-refractivity contribution in [3.8, 4) is 5.75 Å². The molecule has 7 nitrogen and oxygen atoms in total. The first kappa shape index (κ1) is 19.2. The third kappa shape index (κ3) is 4.49. The van der Waals surface area contributed by atoms with Gasteiger partial charge in [0.2, 0.25) is 0 Å². The molecule has 1 aliphatic heterocycles. The van der Waals surface area contributed by atoms with Gasteiger partial charge in [0.15, 0.2) is 5.69 Å². The highest BCUT2D eigenvalue weighted by Crippen LogP contribution is 2.20. The van der Waals surface area contributed by atoms with Gasteiger partial charge in [-0.3, -0.25) is 4.79 Å². The summed E-state index contributed by atoms with van der Waals surface area (Å²) in [5, 5.41) is 14.5. The van der Waals surface area contributed by atoms with Gasteiger partial charge in [0.05, 0.1) is 18.8 Å². The van der Waals surface area contributed by atoms with E-state index in [0.717, 1.165) is 42.9 Å². The highest BCUT2D eigenvalue weighted by atomic mass is 35.5. The number of carbonyl (C=O) groups is 1. The van der Waals surface area contributed by atoms with Crippen molar-refractivity contribution in [2.24, 2.45) is 0 Å². The summed E-state index contributed by atoms with van der Waals surface area (Å²) >= 11 is 0. The fraction of sp³-hybridized carbons (Fsp3) is 0.471. The Morgan fingerprint density at radius 2 is 2.00 bits per heavy atom. The molecule has 3 rings (SSSR count). The highest BCUT2D eigenvalue weighted by Gasteiger charge is 2.22. The lowest BCUT2D eigenvalue weighted by Crippen LogP contribution is -2.30. The van der Waals surface area contributed by atoms with E-state index >= 15 is 0 Å². The summed E-state index contributed by atoms with van der Waals surface area (Å²) in [7, 11) is 1.63. The molecule has 1 fully saturated rings. The van der Waals surface area contributed by atoms with E-state index in [1.54, 1.807) is 7.11 Å². The molecule has 2 N–H and O–H groups in total. The molecule has 136 valence electrons. The smallest absolute Gasteiger partial charge is 0.274 e. The van der Waals surface area contributed by atoms with Crippen LogP contribution < -0.4 is 15.4 Å². The van der Waals surface area contributed by atoms with Crippen molar-refractivity contribution in [3.05, 3.63) is 41.2 Å². The van der Waals surface area contributed by atoms with E-state index in [9.17, 15) is 4.79 Å². The number of rotatable bonds is 5. The zero-order valence-electron chi connectivity index (χ0n) is 14.5. The molecule has 2 heterocycles. The number of carbonyl (C=O) groups excluding carboxylic acids is 1. The molecule has 0 spiro atoms. The van der Waals surface area contributed by atoms with Crippen molar-refractivity contribution < 1.29 is 9.53 Å². The molecule has 0 bridgehead atoms. The summed E-state index contributed by atoms with van der Waals surface area (Å²) in [4.78, 5) is 12.4. The number of ether oxygens (including phenoxy) is 1. The second kappa shape index (κ2) is 8.82. The zero-order valence-corrected chi connectivity index (χ0v) is 15.3. The molecule has 8 heteroatoms. The summed E-state index contributed by atoms with van der Waals surface area (Å²) in [5.41, 5.74) is 2.24. The molecular weight excluding hydrogens is 342 g/mol. The van der Waals surface area contributed by atoms with E-state index in [2.05, 4.69) is 20.9 Å². The molecule has 2 aromatic rings. The van der Waals surface area contributed by atoms with E-state index in [0.29, 0.717) is 18.3 Å². The van der Waals surface area contributed by atoms with E-state index in [-0.39, 0.29) is 18.3 Å². The molecule has 0 unspecified atom stereocenters. The van der Waals surface area contributed by atoms with Crippen molar-refractivity contribution in [3.63, 3.8) is 0 Å². The molecule has 0 atom stereocenters. The van der Waals surface area contributed by atoms with Gasteiger partial charge in [0, 0.05) is 6.54 Å². The van der Waals surface area contributed by atoms with Crippen LogP contribution in [0.25, 0.3) is 0 Å². The average molecular weight is 366 g/mol. The molecular formula is C17H24ClN5O2. The van der Waals surface area contributed by atoms with Crippen molar-refractivity contribution >= 4 is 18.3 Å². The van der Waals surface area contributed by atoms with Gasteiger partial charge in [-0.05, 0) is 50.6 Å². The topological polar surface area (TPSA) is 81.1 Å². The average Bonchev–Trinajstić information content (AvgIpc) is 3.02. The molecule has 1 aromatic carbocycles. The fourth-order valence-electron chi connectivity index (χ4n) is 2.96. The number of nitrogens with zero attached hydrogens (tertiary/aromatic N) is 3. The molecule has 1 amide bonds. The molecule has 1 saturated heterocycles. The van der Waals surface area contributed by atoms with Crippen LogP contribution in [0.15, 0.2) is 24.3 Å². The lowest BCUT2D eigenvalue weighted by molar-refractivity contribution is 0.0945. The van der Waals surface area contributed by atoms with E-state index in [1.807, 2.05) is 35.9 Å². The quantitative estimate of drug-likeness (QED) is 0.845. The second-order valence-electron chi connectivity index (χ2n) is 5.98. The molecule has 1 aromatic heterocycles. The van der Waals surface area contributed by atoms with Gasteiger partial charge in [-0.2, -0.15) is 0 Å². The first-order valence-electron chi connectivity index (χ1n) is 8.22. The molecule has 0 aliphatic carbocycles. The summed E-state index contributed by atoms with van der Waals surface area (Å²) in [6.07, 6.45) is 2.02. The zero-order chi connectivity index (χ0) is 16.9. The van der Waals surface area contributed by atoms with Gasteiger partial charge in [-0.25, -0.2) is 4.68 Å². The standard InChI is InChI=1S/C17H23N5O2.ClH/c1-12-16(20-21-22(12)14-7-9-18-10-8-14)17(23)19-11-13-3-5-15(24-2)6-4-13;/h3-6,14,18H,7-11H2,1-2H3,(H,19,23);1H. The van der Waals surface area contributed by atoms with Crippen molar-refractivity contribution in [1.29, 1.82) is 0 Å². The lowest BCUT2D eigenvalue weighted by atomic mass is 10.1. The lowest BCUT2D eigenvalue weighted by Gasteiger charge is -2.23. The first-order valence-corrected chi connectivity index (χ1v) is 8.22. The minimum atomic E-state index is -0.191. The van der Waals surface area contributed by atoms with Gasteiger partial charge >= 0.3 is 0 Å². The maximum atomic E-state index is 12.4. The van der Waals surface area contributed by atoms with Crippen molar-refractivity contribution in [2.75, 3.05) is 20.2 Å². The minimum absolute atomic E-state index is 0. The molecule has 0 radical (unpaired) electrons. The van der Waals surface area contributed by atoms with Gasteiger partial charge in [0.25, 0.3) is 5.91 Å². The first-order chi connectivity index (χ1) is 11.7. The maximum absolute atomic E-state index is 12.4. The number of benzene rings is 1. The third-order valence-corrected chi connectivity index (χ3v) is 4.41. The van der Waals surface area contributed by atoms with Gasteiger partial charge < -0.3 is 15.4 Å². The monoisotopic (exact) mass is 365 g/mol. The molecule has 25 heavy (non-hydrogen) atoms. The van der Waals surface area contributed by atoms with Crippen LogP contribution in [0.3, 0.4) is 0 Å². The van der Waals surface area contributed by atoms with Crippen LogP contribution in [0.2, 0.25) is 0 Å². The molecule has 1 aliphatic rings. The Hall–Kier alpha value is -2.12. The largest absolute Gasteiger partial charge is 0.497 e. The van der Waals surface area contributed by atoms with Gasteiger partial charge in [0.1, 0.15) is 5.75 Å². The second-order valence-corrected chi connectivity index (χ2v) is 5.98. The predicted molar refractivity (Wildman–Crippen MR) is 97.3 cm³/mol. The Labute approximate surface area is 153 Å². The number of piperidine rings is 1. The van der Waals surface area contributed by atoms with Crippen molar-refractivity contribution in [1.82, 2.24) is 25.6 Å². The van der Waals surface area contributed by atoms with Crippen LogP contribution in [0.1, 0.15) is 40.6 Å². The van der Waals surface area contributed by atoms with E-state index < -0.39 is 0 Å². The Bertz CT molecular complexity index is 696. The SMILES string of the molecule is COc1ccc(CNC(=O)c2nnn(C3CCNCC3)c2C)cc1.Cl. The summed E-state index contributed by atoms with van der Waals surface area (Å²) in [6, 6.07) is 7.93. The van der Waals surface area contributed by atoms with E-state index in [1.165, 1.54) is 0 Å². The molecule has 0 saturated carbocycles. The Balaban J connectivity index is 0.00000225. The highest BCUT2D eigenvalue weighted by molar-refractivity contribution is 5.93. The van der Waals surface area contributed by atoms with Gasteiger partial charge in [-0.15, -0.1) is 17.5 Å². The number of hydrogen-bond acceptors (Lipinski definition) is 5. The number of hydrogen-bond donors (Lipinski definition) is 2. The fourth-order valence-corrected chi connectivity index (χ4v) is 2.96. The normalized spacial score (nSPS) is 14.6. The Morgan fingerprint density at radius 3 is 2.64 bits per heavy atom. The third-order valence-electron chi connectivity index (χ3n) is 4.41. The number of aromatic nitrogens is 3.